The van der Waals surface area contributed by atoms with Gasteiger partial charge in [0.1, 0.15) is 0 Å². The summed E-state index contributed by atoms with van der Waals surface area (Å²) in [4.78, 5) is 10.2. The molecule has 0 fully saturated rings. The van der Waals surface area contributed by atoms with E-state index in [1.807, 2.05) is 6.08 Å². The van der Waals surface area contributed by atoms with Gasteiger partial charge in [-0.25, -0.2) is 4.79 Å². The van der Waals surface area contributed by atoms with Crippen LogP contribution in [0.2, 0.25) is 0 Å². The summed E-state index contributed by atoms with van der Waals surface area (Å²) in [5.41, 5.74) is 1.37. The molecule has 0 amide bonds. The number of carboxylic acids is 1. The molecule has 1 N–H and O–H groups in total. The van der Waals surface area contributed by atoms with Crippen molar-refractivity contribution in [1.82, 2.24) is 0 Å². The van der Waals surface area contributed by atoms with Crippen molar-refractivity contribution < 1.29 is 9.90 Å². The Balaban J connectivity index is 3.68. The van der Waals surface area contributed by atoms with Crippen LogP contribution in [0.4, 0.5) is 0 Å². The smallest absolute Gasteiger partial charge is 0.328 e. The maximum Gasteiger partial charge on any atom is 0.328 e. The third-order valence-electron chi connectivity index (χ3n) is 2.24. The maximum atomic E-state index is 10.2. The van der Waals surface area contributed by atoms with E-state index in [1.54, 1.807) is 12.2 Å². The van der Waals surface area contributed by atoms with Crippen LogP contribution in [-0.2, 0) is 4.79 Å². The second-order valence-corrected chi connectivity index (χ2v) is 4.33. The van der Waals surface area contributed by atoms with Crippen molar-refractivity contribution in [3.05, 3.63) is 36.0 Å². The van der Waals surface area contributed by atoms with Crippen molar-refractivity contribution in [3.8, 4) is 0 Å². The normalized spacial score (nSPS) is 13.2. The Bertz CT molecular complexity index is 281. The van der Waals surface area contributed by atoms with E-state index in [2.05, 4.69) is 26.8 Å². The molecule has 0 aliphatic rings. The summed E-state index contributed by atoms with van der Waals surface area (Å²) in [6.07, 6.45) is 12.1. The third kappa shape index (κ3) is 10.8. The minimum atomic E-state index is -0.902. The van der Waals surface area contributed by atoms with Crippen LogP contribution in [0.3, 0.4) is 0 Å². The zero-order chi connectivity index (χ0) is 12.4. The van der Waals surface area contributed by atoms with Gasteiger partial charge in [-0.2, -0.15) is 0 Å². The van der Waals surface area contributed by atoms with Gasteiger partial charge < -0.3 is 5.11 Å². The summed E-state index contributed by atoms with van der Waals surface area (Å²) in [5.74, 6) is -0.258. The van der Waals surface area contributed by atoms with E-state index in [9.17, 15) is 4.79 Å². The molecule has 0 saturated heterocycles. The molecule has 0 radical (unpaired) electrons. The molecule has 0 saturated carbocycles. The molecule has 0 aliphatic heterocycles. The topological polar surface area (TPSA) is 37.3 Å². The van der Waals surface area contributed by atoms with Gasteiger partial charge in [0.15, 0.2) is 0 Å². The first-order valence-corrected chi connectivity index (χ1v) is 5.72. The number of hydrogen-bond acceptors (Lipinski definition) is 1. The summed E-state index contributed by atoms with van der Waals surface area (Å²) < 4.78 is 0. The number of hydrogen-bond donors (Lipinski definition) is 1. The molecule has 90 valence electrons. The lowest BCUT2D eigenvalue weighted by atomic mass is 10.0. The fourth-order valence-electron chi connectivity index (χ4n) is 1.30. The van der Waals surface area contributed by atoms with Gasteiger partial charge in [0, 0.05) is 6.08 Å². The molecular formula is C14H22O2. The van der Waals surface area contributed by atoms with Crippen LogP contribution in [-0.4, -0.2) is 11.1 Å². The lowest BCUT2D eigenvalue weighted by Gasteiger charge is -2.05. The predicted molar refractivity (Wildman–Crippen MR) is 68.4 cm³/mol. The lowest BCUT2D eigenvalue weighted by Crippen LogP contribution is -1.91. The summed E-state index contributed by atoms with van der Waals surface area (Å²) in [5, 5.41) is 8.36. The highest BCUT2D eigenvalue weighted by Gasteiger charge is 1.97. The van der Waals surface area contributed by atoms with Crippen LogP contribution in [0.5, 0.6) is 0 Å². The third-order valence-corrected chi connectivity index (χ3v) is 2.24. The Kier molecular flexibility index (Phi) is 8.22. The Labute approximate surface area is 98.4 Å². The minimum Gasteiger partial charge on any atom is -0.478 e. The molecule has 0 bridgehead atoms. The Hall–Kier alpha value is -1.31. The first-order valence-electron chi connectivity index (χ1n) is 5.72. The lowest BCUT2D eigenvalue weighted by molar-refractivity contribution is -0.131. The standard InChI is InChI=1S/C14H22O2/c1-12(2)8-7-10-13(3)9-5-4-6-11-14(15)16/h4-6,8,11,13H,7,9-10H2,1-3H3,(H,15,16). The first kappa shape index (κ1) is 14.7. The second kappa shape index (κ2) is 8.96. The summed E-state index contributed by atoms with van der Waals surface area (Å²) in [6, 6.07) is 0. The molecular weight excluding hydrogens is 200 g/mol. The Morgan fingerprint density at radius 2 is 2.00 bits per heavy atom. The molecule has 0 heterocycles. The van der Waals surface area contributed by atoms with E-state index < -0.39 is 5.97 Å². The molecule has 0 aliphatic carbocycles. The number of carbonyl (C=O) groups is 1. The van der Waals surface area contributed by atoms with Crippen molar-refractivity contribution >= 4 is 5.97 Å². The average Bonchev–Trinajstić information content (AvgIpc) is 2.16. The van der Waals surface area contributed by atoms with E-state index in [4.69, 9.17) is 5.11 Å². The second-order valence-electron chi connectivity index (χ2n) is 4.33. The monoisotopic (exact) mass is 222 g/mol. The van der Waals surface area contributed by atoms with Crippen molar-refractivity contribution in [2.45, 2.75) is 40.0 Å². The van der Waals surface area contributed by atoms with E-state index in [1.165, 1.54) is 12.0 Å². The minimum absolute atomic E-state index is 0.644. The number of aliphatic carboxylic acids is 1. The van der Waals surface area contributed by atoms with Crippen LogP contribution in [0.15, 0.2) is 36.0 Å². The van der Waals surface area contributed by atoms with Crippen LogP contribution in [0.1, 0.15) is 40.0 Å². The largest absolute Gasteiger partial charge is 0.478 e. The highest BCUT2D eigenvalue weighted by Crippen LogP contribution is 2.12. The molecule has 1 unspecified atom stereocenters. The zero-order valence-corrected chi connectivity index (χ0v) is 10.4. The van der Waals surface area contributed by atoms with Crippen molar-refractivity contribution in [2.24, 2.45) is 5.92 Å². The van der Waals surface area contributed by atoms with E-state index in [0.717, 1.165) is 18.9 Å². The van der Waals surface area contributed by atoms with E-state index in [-0.39, 0.29) is 0 Å². The van der Waals surface area contributed by atoms with E-state index in [0.29, 0.717) is 5.92 Å². The molecule has 2 nitrogen and oxygen atoms in total. The molecule has 16 heavy (non-hydrogen) atoms. The van der Waals surface area contributed by atoms with Crippen LogP contribution < -0.4 is 0 Å². The van der Waals surface area contributed by atoms with Crippen molar-refractivity contribution in [2.75, 3.05) is 0 Å². The fourth-order valence-corrected chi connectivity index (χ4v) is 1.30. The van der Waals surface area contributed by atoms with Gasteiger partial charge in [-0.05, 0) is 39.0 Å². The average molecular weight is 222 g/mol. The van der Waals surface area contributed by atoms with Gasteiger partial charge in [-0.1, -0.05) is 36.8 Å². The molecule has 0 spiro atoms. The SMILES string of the molecule is CC(C)=CCCC(C)CC=CC=CC(=O)O. The predicted octanol–water partition coefficient (Wildman–Crippen LogP) is 3.96. The summed E-state index contributed by atoms with van der Waals surface area (Å²) >= 11 is 0. The van der Waals surface area contributed by atoms with Gasteiger partial charge in [0.05, 0.1) is 0 Å². The number of carboxylic acid groups (broad SMARTS) is 1. The molecule has 1 atom stereocenters. The highest BCUT2D eigenvalue weighted by atomic mass is 16.4. The number of allylic oxidation sites excluding steroid dienone is 5. The molecule has 0 aromatic heterocycles. The van der Waals surface area contributed by atoms with Crippen LogP contribution >= 0.6 is 0 Å². The molecule has 2 heteroatoms. The van der Waals surface area contributed by atoms with Gasteiger partial charge in [-0.3, -0.25) is 0 Å². The van der Waals surface area contributed by atoms with Crippen molar-refractivity contribution in [1.29, 1.82) is 0 Å². The van der Waals surface area contributed by atoms with Crippen LogP contribution in [0.25, 0.3) is 0 Å². The number of rotatable bonds is 7. The highest BCUT2D eigenvalue weighted by molar-refractivity contribution is 5.80. The summed E-state index contributed by atoms with van der Waals surface area (Å²) in [6.45, 7) is 6.44. The van der Waals surface area contributed by atoms with Gasteiger partial charge in [0.2, 0.25) is 0 Å². The molecule has 0 rings (SSSR count). The Morgan fingerprint density at radius 3 is 2.56 bits per heavy atom. The van der Waals surface area contributed by atoms with Crippen LogP contribution in [0, 0.1) is 5.92 Å². The van der Waals surface area contributed by atoms with Crippen molar-refractivity contribution in [3.63, 3.8) is 0 Å². The first-order chi connectivity index (χ1) is 7.52. The molecule has 0 aromatic carbocycles. The summed E-state index contributed by atoms with van der Waals surface area (Å²) in [7, 11) is 0. The molecule has 0 aromatic rings. The van der Waals surface area contributed by atoms with E-state index >= 15 is 0 Å². The van der Waals surface area contributed by atoms with Gasteiger partial charge in [0.25, 0.3) is 0 Å². The maximum absolute atomic E-state index is 10.2. The van der Waals surface area contributed by atoms with Gasteiger partial charge >= 0.3 is 5.97 Å². The fraction of sp³-hybridized carbons (Fsp3) is 0.500. The quantitative estimate of drug-likeness (QED) is 0.402. The zero-order valence-electron chi connectivity index (χ0n) is 10.4. The Morgan fingerprint density at radius 1 is 1.31 bits per heavy atom. The van der Waals surface area contributed by atoms with Gasteiger partial charge in [-0.15, -0.1) is 0 Å².